The Morgan fingerprint density at radius 2 is 1.68 bits per heavy atom. The van der Waals surface area contributed by atoms with Crippen LogP contribution in [-0.2, 0) is 26.8 Å². The molecule has 0 atom stereocenters. The Hall–Kier alpha value is -0.400. The van der Waals surface area contributed by atoms with Crippen molar-refractivity contribution in [3.05, 3.63) is 75.1 Å². The molecule has 0 N–H and O–H groups in total. The molecule has 0 saturated carbocycles. The molecule has 0 aromatic heterocycles. The van der Waals surface area contributed by atoms with Gasteiger partial charge in [-0.2, -0.15) is 0 Å². The van der Waals surface area contributed by atoms with E-state index in [1.165, 1.54) is 22.3 Å². The average Bonchev–Trinajstić information content (AvgIpc) is 2.91. The van der Waals surface area contributed by atoms with E-state index in [0.717, 1.165) is 6.42 Å². The normalized spacial score (nSPS) is 11.7. The van der Waals surface area contributed by atoms with Crippen LogP contribution in [0, 0.1) is 0 Å². The van der Waals surface area contributed by atoms with E-state index in [0.29, 0.717) is 0 Å². The molecule has 130 valence electrons. The molecule has 0 spiro atoms. The Morgan fingerprint density at radius 3 is 2.36 bits per heavy atom. The first-order valence-electron chi connectivity index (χ1n) is 8.31. The summed E-state index contributed by atoms with van der Waals surface area (Å²) < 4.78 is 4.42. The molecule has 1 aliphatic carbocycles. The Balaban J connectivity index is 0.00000156. The van der Waals surface area contributed by atoms with Crippen LogP contribution in [0.25, 0.3) is 11.1 Å². The van der Waals surface area contributed by atoms with Crippen LogP contribution in [0.15, 0.2) is 64.0 Å². The fourth-order valence-electron chi connectivity index (χ4n) is 3.44. The van der Waals surface area contributed by atoms with E-state index in [2.05, 4.69) is 85.3 Å². The predicted octanol–water partition coefficient (Wildman–Crippen LogP) is -0.760. The summed E-state index contributed by atoms with van der Waals surface area (Å²) in [7, 11) is 0. The molecule has 1 aliphatic rings. The fraction of sp³-hybridized carbons (Fsp3) is 0.238. The molecule has 0 heterocycles. The van der Waals surface area contributed by atoms with Gasteiger partial charge in [-0.1, -0.05) is 0 Å². The van der Waals surface area contributed by atoms with Crippen molar-refractivity contribution in [3.8, 4) is 11.1 Å². The SMILES string of the molecule is C/C=C/C(C)=[CH]/[Zr+2]([c]1cccc2c1Cc1ccccc1-2)=[Si](C)C.[Cl-].[Cl-]. The number of rotatable bonds is 3. The van der Waals surface area contributed by atoms with Gasteiger partial charge in [-0.3, -0.25) is 0 Å². The van der Waals surface area contributed by atoms with Gasteiger partial charge >= 0.3 is 149 Å². The van der Waals surface area contributed by atoms with E-state index in [-0.39, 0.29) is 30.2 Å². The van der Waals surface area contributed by atoms with E-state index in [1.807, 2.05) is 0 Å². The number of allylic oxidation sites excluding steroid dienone is 3. The molecular formula is C21H24Cl2SiZr. The minimum Gasteiger partial charge on any atom is -1.00 e. The smallest absolute Gasteiger partial charge is 1.00 e. The summed E-state index contributed by atoms with van der Waals surface area (Å²) in [5, 5.41) is 0. The topological polar surface area (TPSA) is 0 Å². The molecule has 0 aliphatic heterocycles. The Labute approximate surface area is 172 Å². The summed E-state index contributed by atoms with van der Waals surface area (Å²) in [5.74, 6) is 0. The van der Waals surface area contributed by atoms with Crippen LogP contribution in [0.1, 0.15) is 25.0 Å². The van der Waals surface area contributed by atoms with Gasteiger partial charge in [-0.05, 0) is 0 Å². The summed E-state index contributed by atoms with van der Waals surface area (Å²) in [5.41, 5.74) is 7.30. The molecule has 25 heavy (non-hydrogen) atoms. The third kappa shape index (κ3) is 4.86. The van der Waals surface area contributed by atoms with E-state index in [9.17, 15) is 0 Å². The minimum atomic E-state index is -1.71. The van der Waals surface area contributed by atoms with Crippen molar-refractivity contribution < 1.29 is 45.2 Å². The zero-order valence-corrected chi connectivity index (χ0v) is 20.2. The van der Waals surface area contributed by atoms with E-state index < -0.39 is 20.4 Å². The number of hydrogen-bond donors (Lipinski definition) is 0. The Kier molecular flexibility index (Phi) is 9.12. The maximum Gasteiger partial charge on any atom is -1.00 e. The number of fused-ring (bicyclic) bond motifs is 3. The molecule has 0 radical (unpaired) electrons. The van der Waals surface area contributed by atoms with Crippen molar-refractivity contribution >= 4 is 8.70 Å². The third-order valence-electron chi connectivity index (χ3n) is 4.48. The molecule has 2 aromatic rings. The van der Waals surface area contributed by atoms with Crippen LogP contribution in [-0.4, -0.2) is 5.43 Å². The molecule has 0 saturated heterocycles. The molecular weight excluding hydrogens is 442 g/mol. The monoisotopic (exact) mass is 464 g/mol. The molecule has 3 rings (SSSR count). The van der Waals surface area contributed by atoms with Crippen molar-refractivity contribution in [3.63, 3.8) is 0 Å². The maximum absolute atomic E-state index is 2.68. The van der Waals surface area contributed by atoms with Crippen molar-refractivity contribution in [1.82, 2.24) is 0 Å². The second-order valence-corrected chi connectivity index (χ2v) is 23.1. The first-order valence-corrected chi connectivity index (χ1v) is 17.1. The standard InChI is InChI=1S/C13H9.C6H9.C2H6Si.2ClH.Zr/c1-3-7-12-10(5-1)9-11-6-2-4-8-13(11)12;1-4-5-6(2)3;1-3-2;;;/h1-5,7-8H,9H2;2,4-5H,1,3H3;1-2H3;2*1H;/q;;;;;+2/p-2/b;5-4+,6-2?;;;;. The Bertz CT molecular complexity index is 847. The number of halogens is 2. The average molecular weight is 467 g/mol. The van der Waals surface area contributed by atoms with Gasteiger partial charge < -0.3 is 24.8 Å². The second-order valence-electron chi connectivity index (χ2n) is 6.47. The summed E-state index contributed by atoms with van der Waals surface area (Å²) in [4.78, 5) is 0. The molecule has 0 fully saturated rings. The molecule has 4 heteroatoms. The largest absolute Gasteiger partial charge is 1.00 e. The number of benzene rings is 2. The van der Waals surface area contributed by atoms with Crippen molar-refractivity contribution in [2.45, 2.75) is 33.4 Å². The van der Waals surface area contributed by atoms with Crippen LogP contribution in [0.5, 0.6) is 0 Å². The maximum atomic E-state index is 2.68. The quantitative estimate of drug-likeness (QED) is 0.352. The number of hydrogen-bond acceptors (Lipinski definition) is 0. The molecule has 0 nitrogen and oxygen atoms in total. The van der Waals surface area contributed by atoms with Gasteiger partial charge in [-0.15, -0.1) is 0 Å². The van der Waals surface area contributed by atoms with Crippen LogP contribution in [0.3, 0.4) is 0 Å². The van der Waals surface area contributed by atoms with Gasteiger partial charge in [0.05, 0.1) is 0 Å². The van der Waals surface area contributed by atoms with Crippen LogP contribution < -0.4 is 28.1 Å². The Morgan fingerprint density at radius 1 is 1.00 bits per heavy atom. The van der Waals surface area contributed by atoms with Gasteiger partial charge in [0.15, 0.2) is 0 Å². The molecule has 0 amide bonds. The van der Waals surface area contributed by atoms with Gasteiger partial charge in [0.2, 0.25) is 0 Å². The summed E-state index contributed by atoms with van der Waals surface area (Å²) in [6.45, 7) is 9.41. The van der Waals surface area contributed by atoms with Crippen molar-refractivity contribution in [2.75, 3.05) is 0 Å². The summed E-state index contributed by atoms with van der Waals surface area (Å²) >= 11 is -1.71. The van der Waals surface area contributed by atoms with Gasteiger partial charge in [0.25, 0.3) is 0 Å². The predicted molar refractivity (Wildman–Crippen MR) is 100 cm³/mol. The van der Waals surface area contributed by atoms with Gasteiger partial charge in [-0.25, -0.2) is 0 Å². The molecule has 0 unspecified atom stereocenters. The third-order valence-corrected chi connectivity index (χ3v) is 20.4. The fourth-order valence-corrected chi connectivity index (χ4v) is 16.9. The van der Waals surface area contributed by atoms with Crippen LogP contribution in [0.4, 0.5) is 0 Å². The van der Waals surface area contributed by atoms with E-state index >= 15 is 0 Å². The zero-order chi connectivity index (χ0) is 16.4. The zero-order valence-electron chi connectivity index (χ0n) is 15.2. The second kappa shape index (κ2) is 10.1. The van der Waals surface area contributed by atoms with E-state index in [4.69, 9.17) is 0 Å². The van der Waals surface area contributed by atoms with Crippen LogP contribution >= 0.6 is 0 Å². The first-order chi connectivity index (χ1) is 11.1. The molecule has 0 bridgehead atoms. The first kappa shape index (κ1) is 22.6. The van der Waals surface area contributed by atoms with Gasteiger partial charge in [0.1, 0.15) is 0 Å². The minimum absolute atomic E-state index is 0. The van der Waals surface area contributed by atoms with Crippen molar-refractivity contribution in [2.24, 2.45) is 0 Å². The summed E-state index contributed by atoms with van der Waals surface area (Å²) in [6.07, 6.45) is 5.57. The van der Waals surface area contributed by atoms with Gasteiger partial charge in [0, 0.05) is 0 Å². The summed E-state index contributed by atoms with van der Waals surface area (Å²) in [6, 6.07) is 16.0. The van der Waals surface area contributed by atoms with E-state index in [1.54, 1.807) is 8.83 Å². The molecule has 2 aromatic carbocycles. The van der Waals surface area contributed by atoms with Crippen molar-refractivity contribution in [1.29, 1.82) is 0 Å². The van der Waals surface area contributed by atoms with Crippen LogP contribution in [0.2, 0.25) is 13.1 Å².